The molecule has 3 rings (SSSR count). The van der Waals surface area contributed by atoms with Gasteiger partial charge in [0.1, 0.15) is 12.4 Å². The Balaban J connectivity index is 1.72. The second-order valence-corrected chi connectivity index (χ2v) is 6.00. The molecule has 0 bridgehead atoms. The van der Waals surface area contributed by atoms with Crippen LogP contribution < -0.4 is 5.32 Å². The van der Waals surface area contributed by atoms with Gasteiger partial charge in [0, 0.05) is 5.69 Å². The first-order valence-electron chi connectivity index (χ1n) is 8.57. The number of anilines is 1. The number of imidazole rings is 1. The lowest BCUT2D eigenvalue weighted by Crippen LogP contribution is -2.19. The van der Waals surface area contributed by atoms with Gasteiger partial charge in [0.15, 0.2) is 0 Å². The summed E-state index contributed by atoms with van der Waals surface area (Å²) < 4.78 is 6.99. The lowest BCUT2D eigenvalue weighted by Gasteiger charge is -2.09. The van der Waals surface area contributed by atoms with E-state index in [0.717, 1.165) is 23.3 Å². The first kappa shape index (κ1) is 17.7. The van der Waals surface area contributed by atoms with Crippen LogP contribution >= 0.6 is 0 Å². The van der Waals surface area contributed by atoms with E-state index in [9.17, 15) is 9.59 Å². The molecule has 134 valence electrons. The second kappa shape index (κ2) is 7.82. The molecule has 0 aliphatic rings. The highest BCUT2D eigenvalue weighted by Crippen LogP contribution is 2.16. The number of hydrogen-bond donors (Lipinski definition) is 1. The minimum Gasteiger partial charge on any atom is -0.462 e. The number of ether oxygens (including phenoxy) is 1. The largest absolute Gasteiger partial charge is 0.462 e. The van der Waals surface area contributed by atoms with Gasteiger partial charge in [0.05, 0.1) is 23.2 Å². The number of rotatable bonds is 6. The van der Waals surface area contributed by atoms with Crippen LogP contribution in [0, 0.1) is 6.92 Å². The van der Waals surface area contributed by atoms with Gasteiger partial charge in [-0.15, -0.1) is 0 Å². The third kappa shape index (κ3) is 3.91. The zero-order valence-corrected chi connectivity index (χ0v) is 14.9. The Morgan fingerprint density at radius 2 is 1.96 bits per heavy atom. The van der Waals surface area contributed by atoms with Gasteiger partial charge in [0.2, 0.25) is 5.91 Å². The Bertz CT molecular complexity index is 946. The number of aryl methyl sites for hydroxylation is 1. The summed E-state index contributed by atoms with van der Waals surface area (Å²) >= 11 is 0. The third-order valence-electron chi connectivity index (χ3n) is 3.97. The number of fused-ring (bicyclic) bond motifs is 1. The number of benzene rings is 2. The fourth-order valence-corrected chi connectivity index (χ4v) is 2.74. The van der Waals surface area contributed by atoms with Crippen molar-refractivity contribution in [1.82, 2.24) is 9.55 Å². The zero-order valence-electron chi connectivity index (χ0n) is 14.9. The summed E-state index contributed by atoms with van der Waals surface area (Å²) in [5.41, 5.74) is 2.75. The highest BCUT2D eigenvalue weighted by atomic mass is 16.5. The topological polar surface area (TPSA) is 73.2 Å². The fourth-order valence-electron chi connectivity index (χ4n) is 2.74. The van der Waals surface area contributed by atoms with Gasteiger partial charge < -0.3 is 14.6 Å². The molecule has 0 fully saturated rings. The quantitative estimate of drug-likeness (QED) is 0.689. The predicted octanol–water partition coefficient (Wildman–Crippen LogP) is 3.55. The summed E-state index contributed by atoms with van der Waals surface area (Å²) in [4.78, 5) is 28.9. The van der Waals surface area contributed by atoms with E-state index in [1.807, 2.05) is 42.7 Å². The maximum atomic E-state index is 12.5. The Labute approximate surface area is 151 Å². The maximum Gasteiger partial charge on any atom is 0.338 e. The van der Waals surface area contributed by atoms with Crippen LogP contribution in [0.1, 0.15) is 29.5 Å². The molecule has 1 amide bonds. The molecule has 0 saturated carbocycles. The zero-order chi connectivity index (χ0) is 18.5. The first-order chi connectivity index (χ1) is 12.6. The number of nitrogens with zero attached hydrogens (tertiary/aromatic N) is 2. The summed E-state index contributed by atoms with van der Waals surface area (Å²) in [6.07, 6.45) is 0.764. The molecule has 0 aliphatic carbocycles. The Hall–Kier alpha value is -3.15. The Kier molecular flexibility index (Phi) is 5.31. The van der Waals surface area contributed by atoms with Crippen LogP contribution in [0.2, 0.25) is 0 Å². The molecule has 0 spiro atoms. The normalized spacial score (nSPS) is 10.7. The molecule has 0 unspecified atom stereocenters. The van der Waals surface area contributed by atoms with Gasteiger partial charge >= 0.3 is 5.97 Å². The number of aromatic nitrogens is 2. The van der Waals surface area contributed by atoms with E-state index < -0.39 is 0 Å². The van der Waals surface area contributed by atoms with Crippen molar-refractivity contribution in [2.45, 2.75) is 26.8 Å². The van der Waals surface area contributed by atoms with Crippen LogP contribution in [-0.2, 0) is 16.1 Å². The van der Waals surface area contributed by atoms with E-state index in [1.165, 1.54) is 0 Å². The first-order valence-corrected chi connectivity index (χ1v) is 8.57. The molecule has 1 heterocycles. The van der Waals surface area contributed by atoms with E-state index in [-0.39, 0.29) is 18.4 Å². The van der Waals surface area contributed by atoms with Gasteiger partial charge in [-0.05, 0) is 43.7 Å². The minimum absolute atomic E-state index is 0.150. The second-order valence-electron chi connectivity index (χ2n) is 6.00. The third-order valence-corrected chi connectivity index (χ3v) is 3.97. The van der Waals surface area contributed by atoms with Crippen LogP contribution in [0.4, 0.5) is 5.69 Å². The lowest BCUT2D eigenvalue weighted by atomic mass is 10.2. The SMILES string of the molecule is CCCOC(=O)c1cccc(NC(=O)Cn2c(C)nc3ccccc32)c1. The monoisotopic (exact) mass is 351 g/mol. The van der Waals surface area contributed by atoms with Crippen molar-refractivity contribution >= 4 is 28.6 Å². The number of amides is 1. The highest BCUT2D eigenvalue weighted by molar-refractivity contribution is 5.95. The molecule has 6 nitrogen and oxygen atoms in total. The molecule has 0 radical (unpaired) electrons. The fraction of sp³-hybridized carbons (Fsp3) is 0.250. The Morgan fingerprint density at radius 1 is 1.15 bits per heavy atom. The van der Waals surface area contributed by atoms with Crippen LogP contribution in [0.3, 0.4) is 0 Å². The molecule has 1 aromatic heterocycles. The summed E-state index contributed by atoms with van der Waals surface area (Å²) in [5, 5.41) is 2.83. The van der Waals surface area contributed by atoms with Crippen molar-refractivity contribution in [1.29, 1.82) is 0 Å². The van der Waals surface area contributed by atoms with E-state index >= 15 is 0 Å². The van der Waals surface area contributed by atoms with Gasteiger partial charge in [-0.3, -0.25) is 4.79 Å². The number of esters is 1. The van der Waals surface area contributed by atoms with Crippen LogP contribution in [0.25, 0.3) is 11.0 Å². The van der Waals surface area contributed by atoms with Gasteiger partial charge in [-0.2, -0.15) is 0 Å². The van der Waals surface area contributed by atoms with Crippen molar-refractivity contribution in [2.75, 3.05) is 11.9 Å². The van der Waals surface area contributed by atoms with Gasteiger partial charge in [0.25, 0.3) is 0 Å². The van der Waals surface area contributed by atoms with Gasteiger partial charge in [-0.25, -0.2) is 9.78 Å². The molecular formula is C20H21N3O3. The predicted molar refractivity (Wildman–Crippen MR) is 100 cm³/mol. The van der Waals surface area contributed by atoms with Crippen molar-refractivity contribution < 1.29 is 14.3 Å². The summed E-state index contributed by atoms with van der Waals surface area (Å²) in [6.45, 7) is 4.34. The van der Waals surface area contributed by atoms with Gasteiger partial charge in [-0.1, -0.05) is 25.1 Å². The maximum absolute atomic E-state index is 12.5. The molecule has 0 atom stereocenters. The number of carbonyl (C=O) groups is 2. The smallest absolute Gasteiger partial charge is 0.338 e. The summed E-state index contributed by atoms with van der Waals surface area (Å²) in [7, 11) is 0. The van der Waals surface area contributed by atoms with Crippen molar-refractivity contribution in [2.24, 2.45) is 0 Å². The van der Waals surface area contributed by atoms with E-state index in [4.69, 9.17) is 4.74 Å². The molecule has 0 aliphatic heterocycles. The molecule has 3 aromatic rings. The van der Waals surface area contributed by atoms with Crippen LogP contribution in [-0.4, -0.2) is 28.0 Å². The van der Waals surface area contributed by atoms with Crippen molar-refractivity contribution in [3.05, 3.63) is 59.9 Å². The van der Waals surface area contributed by atoms with Crippen LogP contribution in [0.15, 0.2) is 48.5 Å². The van der Waals surface area contributed by atoms with Crippen molar-refractivity contribution in [3.8, 4) is 0 Å². The summed E-state index contributed by atoms with van der Waals surface area (Å²) in [6, 6.07) is 14.4. The molecule has 1 N–H and O–H groups in total. The molecular weight excluding hydrogens is 330 g/mol. The average Bonchev–Trinajstić information content (AvgIpc) is 2.95. The molecule has 0 saturated heterocycles. The standard InChI is InChI=1S/C20H21N3O3/c1-3-11-26-20(25)15-7-6-8-16(12-15)22-19(24)13-23-14(2)21-17-9-4-5-10-18(17)23/h4-10,12H,3,11,13H2,1-2H3,(H,22,24). The van der Waals surface area contributed by atoms with E-state index in [0.29, 0.717) is 17.9 Å². The Morgan fingerprint density at radius 3 is 2.77 bits per heavy atom. The molecule has 2 aromatic carbocycles. The number of para-hydroxylation sites is 2. The summed E-state index contributed by atoms with van der Waals surface area (Å²) in [5.74, 6) is 0.202. The minimum atomic E-state index is -0.389. The molecule has 26 heavy (non-hydrogen) atoms. The average molecular weight is 351 g/mol. The molecule has 6 heteroatoms. The van der Waals surface area contributed by atoms with E-state index in [1.54, 1.807) is 24.3 Å². The van der Waals surface area contributed by atoms with Crippen LogP contribution in [0.5, 0.6) is 0 Å². The number of carbonyl (C=O) groups excluding carboxylic acids is 2. The highest BCUT2D eigenvalue weighted by Gasteiger charge is 2.12. The van der Waals surface area contributed by atoms with E-state index in [2.05, 4.69) is 10.3 Å². The number of hydrogen-bond acceptors (Lipinski definition) is 4. The van der Waals surface area contributed by atoms with Crippen molar-refractivity contribution in [3.63, 3.8) is 0 Å². The number of nitrogens with one attached hydrogen (secondary N) is 1. The lowest BCUT2D eigenvalue weighted by molar-refractivity contribution is -0.116.